The van der Waals surface area contributed by atoms with Crippen molar-refractivity contribution >= 4 is 23.9 Å². The normalized spacial score (nSPS) is 18.7. The van der Waals surface area contributed by atoms with E-state index in [1.54, 1.807) is 0 Å². The molecule has 0 aromatic rings. The number of esters is 3. The Labute approximate surface area is 455 Å². The molecule has 75 heavy (non-hydrogen) atoms. The number of hydrogen-bond donors (Lipinski definition) is 3. The van der Waals surface area contributed by atoms with Crippen molar-refractivity contribution in [1.82, 2.24) is 0 Å². The molecule has 1 aliphatic heterocycles. The molecule has 12 nitrogen and oxygen atoms in total. The smallest absolute Gasteiger partial charge is 0.335 e. The zero-order valence-electron chi connectivity index (χ0n) is 47.3. The van der Waals surface area contributed by atoms with Crippen molar-refractivity contribution in [1.29, 1.82) is 0 Å². The summed E-state index contributed by atoms with van der Waals surface area (Å²) in [6, 6.07) is 0. The van der Waals surface area contributed by atoms with Crippen LogP contribution in [0.1, 0.15) is 252 Å². The Kier molecular flexibility index (Phi) is 47.0. The first-order valence-electron chi connectivity index (χ1n) is 29.9. The summed E-state index contributed by atoms with van der Waals surface area (Å²) in [7, 11) is 0. The lowest BCUT2D eigenvalue weighted by molar-refractivity contribution is -0.301. The zero-order valence-corrected chi connectivity index (χ0v) is 47.3. The van der Waals surface area contributed by atoms with Gasteiger partial charge in [0, 0.05) is 19.3 Å². The molecule has 0 aromatic heterocycles. The second kappa shape index (κ2) is 50.9. The van der Waals surface area contributed by atoms with Crippen molar-refractivity contribution in [3.63, 3.8) is 0 Å². The van der Waals surface area contributed by atoms with Gasteiger partial charge >= 0.3 is 23.9 Å². The average Bonchev–Trinajstić information content (AvgIpc) is 3.39. The third-order valence-corrected chi connectivity index (χ3v) is 13.3. The molecule has 0 spiro atoms. The van der Waals surface area contributed by atoms with Crippen molar-refractivity contribution in [2.45, 2.75) is 289 Å². The van der Waals surface area contributed by atoms with Crippen LogP contribution in [0.25, 0.3) is 0 Å². The molecule has 6 atom stereocenters. The Hall–Kier alpha value is -3.84. The highest BCUT2D eigenvalue weighted by Gasteiger charge is 2.50. The number of hydrogen-bond acceptors (Lipinski definition) is 11. The summed E-state index contributed by atoms with van der Waals surface area (Å²) in [5.74, 6) is -3.20. The minimum Gasteiger partial charge on any atom is -0.479 e. The first kappa shape index (κ1) is 69.2. The van der Waals surface area contributed by atoms with Crippen molar-refractivity contribution in [3.8, 4) is 0 Å². The first-order chi connectivity index (χ1) is 36.6. The summed E-state index contributed by atoms with van der Waals surface area (Å²) in [5.41, 5.74) is 0. The van der Waals surface area contributed by atoms with E-state index in [0.29, 0.717) is 25.7 Å². The van der Waals surface area contributed by atoms with Crippen LogP contribution in [-0.4, -0.2) is 89.2 Å². The van der Waals surface area contributed by atoms with Crippen LogP contribution in [-0.2, 0) is 42.9 Å². The fraction of sp³-hybridized carbons (Fsp3) is 0.746. The summed E-state index contributed by atoms with van der Waals surface area (Å²) >= 11 is 0. The van der Waals surface area contributed by atoms with Crippen LogP contribution in [0.3, 0.4) is 0 Å². The summed E-state index contributed by atoms with van der Waals surface area (Å²) in [5, 5.41) is 31.5. The molecule has 0 radical (unpaired) electrons. The van der Waals surface area contributed by atoms with E-state index in [0.717, 1.165) is 89.9 Å². The van der Waals surface area contributed by atoms with Crippen LogP contribution in [0.2, 0.25) is 0 Å². The topological polar surface area (TPSA) is 175 Å². The standard InChI is InChI=1S/C63H106O12/c1-4-7-10-13-16-19-22-25-27-28-30-33-36-39-42-45-48-51-57(66)74-61-59(68)58(67)60(62(69)70)75-63(61)72-53-54(73-56(65)50-47-44-41-38-35-31-24-21-18-15-12-9-6-3)52-71-55(64)49-46-43-40-37-34-32-29-26-23-20-17-14-11-8-5-2/h7,10,16,19,21,24-25,27,30,33,39,42,54,58-61,63,67-68H,4-6,8-9,11-15,17-18,20,22-23,26,28-29,31-32,34-38,40-41,43-53H2,1-3H3,(H,69,70)/b10-7-,19-16-,24-21-,27-25-,33-30-,42-39-. The van der Waals surface area contributed by atoms with Gasteiger partial charge in [0.2, 0.25) is 0 Å². The Morgan fingerprint density at radius 1 is 0.453 bits per heavy atom. The average molecular weight is 1060 g/mol. The van der Waals surface area contributed by atoms with E-state index in [-0.39, 0.29) is 25.9 Å². The van der Waals surface area contributed by atoms with Crippen LogP contribution < -0.4 is 0 Å². The molecule has 1 rings (SSSR count). The number of carboxylic acids is 1. The van der Waals surface area contributed by atoms with Crippen molar-refractivity contribution < 1.29 is 58.2 Å². The Bertz CT molecular complexity index is 1580. The lowest BCUT2D eigenvalue weighted by atomic mass is 9.98. The maximum atomic E-state index is 13.1. The second-order valence-corrected chi connectivity index (χ2v) is 20.3. The quantitative estimate of drug-likeness (QED) is 0.0228. The highest BCUT2D eigenvalue weighted by atomic mass is 16.7. The van der Waals surface area contributed by atoms with Crippen LogP contribution in [0.15, 0.2) is 72.9 Å². The molecule has 1 heterocycles. The predicted octanol–water partition coefficient (Wildman–Crippen LogP) is 15.3. The van der Waals surface area contributed by atoms with Gasteiger partial charge in [-0.25, -0.2) is 4.79 Å². The molecular formula is C63H106O12. The van der Waals surface area contributed by atoms with Gasteiger partial charge < -0.3 is 39.0 Å². The fourth-order valence-electron chi connectivity index (χ4n) is 8.69. The lowest BCUT2D eigenvalue weighted by Crippen LogP contribution is -2.61. The van der Waals surface area contributed by atoms with Crippen LogP contribution in [0, 0.1) is 0 Å². The van der Waals surface area contributed by atoms with Crippen molar-refractivity contribution in [2.24, 2.45) is 0 Å². The lowest BCUT2D eigenvalue weighted by Gasteiger charge is -2.40. The Balaban J connectivity index is 2.72. The monoisotopic (exact) mass is 1050 g/mol. The molecule has 0 amide bonds. The number of carboxylic acid groups (broad SMARTS) is 1. The third-order valence-electron chi connectivity index (χ3n) is 13.3. The summed E-state index contributed by atoms with van der Waals surface area (Å²) in [4.78, 5) is 51.1. The number of aliphatic carboxylic acids is 1. The number of rotatable bonds is 50. The summed E-state index contributed by atoms with van der Waals surface area (Å²) in [6.07, 6.45) is 51.6. The van der Waals surface area contributed by atoms with E-state index in [2.05, 4.69) is 81.5 Å². The van der Waals surface area contributed by atoms with E-state index in [9.17, 15) is 34.5 Å². The Morgan fingerprint density at radius 2 is 0.853 bits per heavy atom. The van der Waals surface area contributed by atoms with Gasteiger partial charge in [-0.15, -0.1) is 0 Å². The molecule has 1 fully saturated rings. The van der Waals surface area contributed by atoms with Crippen LogP contribution >= 0.6 is 0 Å². The number of carbonyl (C=O) groups excluding carboxylic acids is 3. The summed E-state index contributed by atoms with van der Waals surface area (Å²) in [6.45, 7) is 5.84. The Morgan fingerprint density at radius 3 is 1.35 bits per heavy atom. The van der Waals surface area contributed by atoms with Crippen molar-refractivity contribution in [2.75, 3.05) is 13.2 Å². The minimum atomic E-state index is -1.92. The number of unbranched alkanes of at least 4 members (excludes halogenated alkanes) is 24. The maximum Gasteiger partial charge on any atom is 0.335 e. The molecule has 0 aromatic carbocycles. The molecule has 0 saturated carbocycles. The van der Waals surface area contributed by atoms with Gasteiger partial charge in [-0.3, -0.25) is 14.4 Å². The van der Waals surface area contributed by atoms with E-state index < -0.39 is 67.3 Å². The molecule has 1 aliphatic rings. The van der Waals surface area contributed by atoms with E-state index in [1.807, 2.05) is 12.2 Å². The number of ether oxygens (including phenoxy) is 5. The van der Waals surface area contributed by atoms with Crippen LogP contribution in [0.4, 0.5) is 0 Å². The number of aliphatic hydroxyl groups is 2. The number of aliphatic hydroxyl groups excluding tert-OH is 2. The van der Waals surface area contributed by atoms with E-state index in [1.165, 1.54) is 96.3 Å². The van der Waals surface area contributed by atoms with Gasteiger partial charge in [0.25, 0.3) is 0 Å². The van der Waals surface area contributed by atoms with Gasteiger partial charge in [-0.2, -0.15) is 0 Å². The highest BCUT2D eigenvalue weighted by Crippen LogP contribution is 2.26. The molecule has 430 valence electrons. The molecule has 0 bridgehead atoms. The number of carbonyl (C=O) groups is 4. The molecule has 0 aliphatic carbocycles. The largest absolute Gasteiger partial charge is 0.479 e. The SMILES string of the molecule is CC/C=C\C/C=C\C/C=C\C/C=C\C/C=C\CCCC(=O)OC1C(OCC(COC(=O)CCCCCCCCCCCCCCCCC)OC(=O)CCCCCCC/C=C\CCCCCC)OC(C(=O)O)C(O)C1O. The van der Waals surface area contributed by atoms with Crippen molar-refractivity contribution in [3.05, 3.63) is 72.9 Å². The first-order valence-corrected chi connectivity index (χ1v) is 29.9. The van der Waals surface area contributed by atoms with Gasteiger partial charge in [0.15, 0.2) is 24.6 Å². The minimum absolute atomic E-state index is 0.0194. The third kappa shape index (κ3) is 41.0. The van der Waals surface area contributed by atoms with Gasteiger partial charge in [0.1, 0.15) is 18.8 Å². The van der Waals surface area contributed by atoms with Gasteiger partial charge in [0.05, 0.1) is 6.61 Å². The van der Waals surface area contributed by atoms with E-state index in [4.69, 9.17) is 23.7 Å². The fourth-order valence-corrected chi connectivity index (χ4v) is 8.69. The predicted molar refractivity (Wildman–Crippen MR) is 303 cm³/mol. The van der Waals surface area contributed by atoms with Gasteiger partial charge in [-0.05, 0) is 83.5 Å². The molecule has 12 heteroatoms. The zero-order chi connectivity index (χ0) is 54.7. The highest BCUT2D eigenvalue weighted by molar-refractivity contribution is 5.74. The molecule has 6 unspecified atom stereocenters. The molecular weight excluding hydrogens is 949 g/mol. The summed E-state index contributed by atoms with van der Waals surface area (Å²) < 4.78 is 28.4. The van der Waals surface area contributed by atoms with Crippen LogP contribution in [0.5, 0.6) is 0 Å². The number of allylic oxidation sites excluding steroid dienone is 12. The van der Waals surface area contributed by atoms with Gasteiger partial charge in [-0.1, -0.05) is 222 Å². The maximum absolute atomic E-state index is 13.1. The van der Waals surface area contributed by atoms with E-state index >= 15 is 0 Å². The molecule has 1 saturated heterocycles. The second-order valence-electron chi connectivity index (χ2n) is 20.3. The molecule has 3 N–H and O–H groups in total.